The summed E-state index contributed by atoms with van der Waals surface area (Å²) >= 11 is 1.29. The van der Waals surface area contributed by atoms with Crippen LogP contribution in [0.4, 0.5) is 4.79 Å². The van der Waals surface area contributed by atoms with Gasteiger partial charge in [-0.25, -0.2) is 9.59 Å². The highest BCUT2D eigenvalue weighted by molar-refractivity contribution is 7.99. The molecule has 2 N–H and O–H groups in total. The molecule has 2 amide bonds. The average molecular weight is 647 g/mol. The maximum Gasteiger partial charge on any atom is 0.408 e. The van der Waals surface area contributed by atoms with E-state index in [-0.39, 0.29) is 18.3 Å². The van der Waals surface area contributed by atoms with Crippen molar-refractivity contribution in [3.05, 3.63) is 0 Å². The lowest BCUT2D eigenvalue weighted by molar-refractivity contribution is -0.151. The third kappa shape index (κ3) is 24.9. The van der Waals surface area contributed by atoms with Gasteiger partial charge in [-0.3, -0.25) is 14.4 Å². The van der Waals surface area contributed by atoms with Crippen molar-refractivity contribution in [3.63, 3.8) is 0 Å². The van der Waals surface area contributed by atoms with Gasteiger partial charge in [-0.15, -0.1) is 0 Å². The molecule has 0 spiro atoms. The van der Waals surface area contributed by atoms with E-state index in [4.69, 9.17) is 14.2 Å². The van der Waals surface area contributed by atoms with Crippen LogP contribution in [-0.4, -0.2) is 79.4 Å². The molecule has 0 unspecified atom stereocenters. The smallest absolute Gasteiger partial charge is 0.408 e. The Morgan fingerprint density at radius 3 is 1.80 bits per heavy atom. The third-order valence-corrected chi connectivity index (χ3v) is 7.55. The fourth-order valence-electron chi connectivity index (χ4n) is 4.19. The van der Waals surface area contributed by atoms with Crippen LogP contribution in [0.3, 0.4) is 0 Å². The lowest BCUT2D eigenvalue weighted by Gasteiger charge is -2.24. The predicted octanol–water partition coefficient (Wildman–Crippen LogP) is 5.86. The Bertz CT molecular complexity index is 833. The zero-order valence-electron chi connectivity index (χ0n) is 28.0. The van der Waals surface area contributed by atoms with Crippen molar-refractivity contribution >= 4 is 41.7 Å². The lowest BCUT2D eigenvalue weighted by atomic mass is 10.0. The number of hydrogen-bond acceptors (Lipinski definition) is 10. The molecule has 0 aliphatic rings. The number of alkyl carbamates (subject to hydrolysis) is 1. The van der Waals surface area contributed by atoms with Crippen LogP contribution in [0.1, 0.15) is 125 Å². The van der Waals surface area contributed by atoms with Gasteiger partial charge in [0.2, 0.25) is 5.91 Å². The van der Waals surface area contributed by atoms with E-state index in [1.165, 1.54) is 82.9 Å². The van der Waals surface area contributed by atoms with E-state index in [9.17, 15) is 24.0 Å². The Labute approximate surface area is 269 Å². The molecular formula is C32H58N2O9S. The van der Waals surface area contributed by atoms with E-state index >= 15 is 0 Å². The molecule has 0 heterocycles. The van der Waals surface area contributed by atoms with E-state index in [0.29, 0.717) is 12.2 Å². The number of methoxy groups -OCH3 is 1. The van der Waals surface area contributed by atoms with E-state index in [0.717, 1.165) is 26.4 Å². The molecule has 0 fully saturated rings. The molecule has 0 bridgehead atoms. The second kappa shape index (κ2) is 25.8. The summed E-state index contributed by atoms with van der Waals surface area (Å²) in [7, 11) is 1.14. The van der Waals surface area contributed by atoms with Gasteiger partial charge in [0.05, 0.1) is 7.11 Å². The lowest BCUT2D eigenvalue weighted by Crippen LogP contribution is -2.54. The van der Waals surface area contributed by atoms with Crippen LogP contribution >= 0.6 is 11.8 Å². The first-order chi connectivity index (χ1) is 20.9. The van der Waals surface area contributed by atoms with Gasteiger partial charge in [-0.05, 0) is 27.2 Å². The Morgan fingerprint density at radius 1 is 0.750 bits per heavy atom. The summed E-state index contributed by atoms with van der Waals surface area (Å²) in [5, 5.41) is 4.96. The fourth-order valence-corrected chi connectivity index (χ4v) is 5.03. The van der Waals surface area contributed by atoms with Crippen LogP contribution in [0, 0.1) is 0 Å². The molecule has 0 saturated carbocycles. The average Bonchev–Trinajstić information content (AvgIpc) is 2.95. The summed E-state index contributed by atoms with van der Waals surface area (Å²) in [5.74, 6) is -1.86. The standard InChI is InChI=1S/C32H58N2O9S/c1-7-8-9-10-11-12-13-14-15-16-17-18-19-20-28(36)41-21-22-44-24-27(34-31(39)43-32(3,4)5)29(37)33-26(30(38)40-6)23-42-25(2)35/h26-27H,7-24H2,1-6H3,(H,33,37)(H,34,39)/t26-,27-/m0/s1. The van der Waals surface area contributed by atoms with Crippen LogP contribution in [0.2, 0.25) is 0 Å². The summed E-state index contributed by atoms with van der Waals surface area (Å²) in [5.41, 5.74) is -0.788. The zero-order chi connectivity index (χ0) is 33.2. The number of hydrogen-bond donors (Lipinski definition) is 2. The van der Waals surface area contributed by atoms with E-state index in [1.807, 2.05) is 0 Å². The number of thioether (sulfide) groups is 1. The molecule has 0 aromatic heterocycles. The van der Waals surface area contributed by atoms with Crippen LogP contribution in [0.15, 0.2) is 0 Å². The first-order valence-corrected chi connectivity index (χ1v) is 17.3. The Morgan fingerprint density at radius 2 is 1.30 bits per heavy atom. The summed E-state index contributed by atoms with van der Waals surface area (Å²) in [4.78, 5) is 60.7. The van der Waals surface area contributed by atoms with Gasteiger partial charge < -0.3 is 29.6 Å². The highest BCUT2D eigenvalue weighted by Gasteiger charge is 2.29. The van der Waals surface area contributed by atoms with Gasteiger partial charge in [0.25, 0.3) is 0 Å². The maximum atomic E-state index is 13.0. The van der Waals surface area contributed by atoms with Crippen molar-refractivity contribution in [1.82, 2.24) is 10.6 Å². The minimum absolute atomic E-state index is 0.114. The summed E-state index contributed by atoms with van der Waals surface area (Å²) in [6.45, 7) is 8.23. The molecule has 0 aliphatic carbocycles. The van der Waals surface area contributed by atoms with Crippen molar-refractivity contribution in [3.8, 4) is 0 Å². The molecule has 0 rings (SSSR count). The Hall–Kier alpha value is -2.50. The first-order valence-electron chi connectivity index (χ1n) is 16.1. The molecule has 256 valence electrons. The van der Waals surface area contributed by atoms with Crippen LogP contribution in [0.25, 0.3) is 0 Å². The summed E-state index contributed by atoms with van der Waals surface area (Å²) in [6, 6.07) is -2.34. The highest BCUT2D eigenvalue weighted by Crippen LogP contribution is 2.14. The zero-order valence-corrected chi connectivity index (χ0v) is 28.8. The largest absolute Gasteiger partial charge is 0.467 e. The molecule has 12 heteroatoms. The number of ether oxygens (including phenoxy) is 4. The van der Waals surface area contributed by atoms with Crippen molar-refractivity contribution < 1.29 is 42.9 Å². The molecule has 11 nitrogen and oxygen atoms in total. The molecular weight excluding hydrogens is 588 g/mol. The number of unbranched alkanes of at least 4 members (excludes halogenated alkanes) is 12. The van der Waals surface area contributed by atoms with E-state index in [2.05, 4.69) is 22.3 Å². The van der Waals surface area contributed by atoms with Gasteiger partial charge in [0.15, 0.2) is 6.04 Å². The van der Waals surface area contributed by atoms with Gasteiger partial charge in [-0.2, -0.15) is 11.8 Å². The van der Waals surface area contributed by atoms with Crippen molar-refractivity contribution in [2.24, 2.45) is 0 Å². The van der Waals surface area contributed by atoms with Crippen LogP contribution < -0.4 is 10.6 Å². The number of esters is 3. The molecule has 0 aliphatic heterocycles. The molecule has 0 aromatic rings. The highest BCUT2D eigenvalue weighted by atomic mass is 32.2. The van der Waals surface area contributed by atoms with Crippen molar-refractivity contribution in [1.29, 1.82) is 0 Å². The number of amides is 2. The van der Waals surface area contributed by atoms with Gasteiger partial charge in [0, 0.05) is 24.9 Å². The number of carbonyl (C=O) groups is 5. The third-order valence-electron chi connectivity index (χ3n) is 6.52. The van der Waals surface area contributed by atoms with E-state index in [1.54, 1.807) is 20.8 Å². The topological polar surface area (TPSA) is 146 Å². The Kier molecular flexibility index (Phi) is 24.3. The predicted molar refractivity (Wildman–Crippen MR) is 172 cm³/mol. The maximum absolute atomic E-state index is 13.0. The second-order valence-electron chi connectivity index (χ2n) is 11.9. The van der Waals surface area contributed by atoms with Crippen LogP contribution in [0.5, 0.6) is 0 Å². The van der Waals surface area contributed by atoms with Gasteiger partial charge in [-0.1, -0.05) is 84.0 Å². The molecule has 0 radical (unpaired) electrons. The Balaban J connectivity index is 4.40. The summed E-state index contributed by atoms with van der Waals surface area (Å²) in [6.07, 6.45) is 15.7. The molecule has 2 atom stereocenters. The van der Waals surface area contributed by atoms with E-state index < -0.39 is 48.2 Å². The number of carbonyl (C=O) groups excluding carboxylic acids is 5. The minimum atomic E-state index is -1.25. The normalized spacial score (nSPS) is 12.5. The van der Waals surface area contributed by atoms with Gasteiger partial charge in [0.1, 0.15) is 24.9 Å². The second-order valence-corrected chi connectivity index (χ2v) is 13.0. The van der Waals surface area contributed by atoms with Crippen molar-refractivity contribution in [2.45, 2.75) is 142 Å². The summed E-state index contributed by atoms with van der Waals surface area (Å²) < 4.78 is 20.1. The van der Waals surface area contributed by atoms with Crippen LogP contribution in [-0.2, 0) is 38.1 Å². The first kappa shape index (κ1) is 41.5. The quantitative estimate of drug-likeness (QED) is 0.0703. The SMILES string of the molecule is CCCCCCCCCCCCCCCC(=O)OCCSC[C@H](NC(=O)OC(C)(C)C)C(=O)N[C@@H](COC(C)=O)C(=O)OC. The molecule has 0 aromatic carbocycles. The molecule has 0 saturated heterocycles. The number of nitrogens with one attached hydrogen (secondary N) is 2. The molecule has 44 heavy (non-hydrogen) atoms. The monoisotopic (exact) mass is 646 g/mol. The fraction of sp³-hybridized carbons (Fsp3) is 0.844. The number of rotatable bonds is 25. The van der Waals surface area contributed by atoms with Gasteiger partial charge >= 0.3 is 24.0 Å². The van der Waals surface area contributed by atoms with Crippen molar-refractivity contribution in [2.75, 3.05) is 31.8 Å². The minimum Gasteiger partial charge on any atom is -0.467 e.